The van der Waals surface area contributed by atoms with E-state index in [1.807, 2.05) is 5.43 Å². The summed E-state index contributed by atoms with van der Waals surface area (Å²) in [5, 5.41) is 8.61. The van der Waals surface area contributed by atoms with Gasteiger partial charge in [-0.1, -0.05) is 18.2 Å². The molecular weight excluding hydrogens is 372 g/mol. The Morgan fingerprint density at radius 1 is 1.26 bits per heavy atom. The van der Waals surface area contributed by atoms with Crippen LogP contribution < -0.4 is 15.8 Å². The second-order valence-corrected chi connectivity index (χ2v) is 8.06. The van der Waals surface area contributed by atoms with Gasteiger partial charge in [-0.15, -0.1) is 0 Å². The number of pyridine rings is 1. The van der Waals surface area contributed by atoms with Gasteiger partial charge in [-0.05, 0) is 24.6 Å². The minimum atomic E-state index is -3.39. The normalized spacial score (nSPS) is 17.1. The van der Waals surface area contributed by atoms with Gasteiger partial charge in [-0.3, -0.25) is 15.1 Å². The highest BCUT2D eigenvalue weighted by atomic mass is 32.2. The van der Waals surface area contributed by atoms with E-state index in [1.165, 1.54) is 17.2 Å². The average Bonchev–Trinajstić information content (AvgIpc) is 3.00. The van der Waals surface area contributed by atoms with E-state index in [9.17, 15) is 18.0 Å². The number of hydrogen-bond acceptors (Lipinski definition) is 6. The summed E-state index contributed by atoms with van der Waals surface area (Å²) in [5.41, 5.74) is 5.60. The average molecular weight is 390 g/mol. The van der Waals surface area contributed by atoms with Gasteiger partial charge in [0.25, 0.3) is 0 Å². The molecule has 0 radical (unpaired) electrons. The van der Waals surface area contributed by atoms with E-state index in [2.05, 4.69) is 10.4 Å². The van der Waals surface area contributed by atoms with Gasteiger partial charge < -0.3 is 5.11 Å². The topological polar surface area (TPSA) is 129 Å². The lowest BCUT2D eigenvalue weighted by Crippen LogP contribution is -2.47. The third kappa shape index (κ3) is 4.07. The van der Waals surface area contributed by atoms with E-state index in [4.69, 9.17) is 5.11 Å². The number of aromatic nitrogens is 1. The van der Waals surface area contributed by atoms with Crippen LogP contribution >= 0.6 is 0 Å². The molecule has 0 saturated carbocycles. The highest BCUT2D eigenvalue weighted by Crippen LogP contribution is 2.28. The number of hydrazine groups is 1. The van der Waals surface area contributed by atoms with Crippen LogP contribution in [0.3, 0.4) is 0 Å². The van der Waals surface area contributed by atoms with Gasteiger partial charge in [0.2, 0.25) is 5.91 Å². The maximum absolute atomic E-state index is 12.4. The Morgan fingerprint density at radius 3 is 2.63 bits per heavy atom. The molecule has 1 atom stereocenters. The molecular formula is C17H18N4O5S. The summed E-state index contributed by atoms with van der Waals surface area (Å²) >= 11 is 0. The predicted octanol–water partition coefficient (Wildman–Crippen LogP) is 1.03. The molecule has 3 N–H and O–H groups in total. The van der Waals surface area contributed by atoms with Gasteiger partial charge in [0.1, 0.15) is 11.9 Å². The van der Waals surface area contributed by atoms with Crippen LogP contribution in [0.15, 0.2) is 47.5 Å². The van der Waals surface area contributed by atoms with Crippen molar-refractivity contribution in [3.8, 4) is 11.1 Å². The van der Waals surface area contributed by atoms with Crippen LogP contribution in [0.5, 0.6) is 0 Å². The van der Waals surface area contributed by atoms with E-state index in [0.717, 1.165) is 6.26 Å². The summed E-state index contributed by atoms with van der Waals surface area (Å²) < 4.78 is 23.9. The molecule has 0 aliphatic carbocycles. The van der Waals surface area contributed by atoms with E-state index in [-0.39, 0.29) is 10.8 Å². The molecule has 27 heavy (non-hydrogen) atoms. The molecule has 10 heteroatoms. The Balaban J connectivity index is 1.81. The van der Waals surface area contributed by atoms with Gasteiger partial charge in [-0.2, -0.15) is 0 Å². The van der Waals surface area contributed by atoms with E-state index >= 15 is 0 Å². The maximum atomic E-state index is 12.4. The molecule has 1 unspecified atom stereocenters. The molecule has 142 valence electrons. The maximum Gasteiger partial charge on any atom is 0.419 e. The number of benzene rings is 1. The largest absolute Gasteiger partial charge is 0.464 e. The lowest BCUT2D eigenvalue weighted by atomic mass is 10.1. The zero-order chi connectivity index (χ0) is 19.6. The number of hydrogen-bond donors (Lipinski definition) is 3. The monoisotopic (exact) mass is 390 g/mol. The van der Waals surface area contributed by atoms with Crippen molar-refractivity contribution in [2.75, 3.05) is 17.7 Å². The second kappa shape index (κ2) is 7.33. The molecule has 2 heterocycles. The number of carboxylic acid groups (broad SMARTS) is 1. The van der Waals surface area contributed by atoms with Crippen molar-refractivity contribution in [1.29, 1.82) is 0 Å². The number of nitrogens with one attached hydrogen (secondary N) is 2. The van der Waals surface area contributed by atoms with Crippen molar-refractivity contribution in [2.24, 2.45) is 0 Å². The number of carbonyl (C=O) groups excluding carboxylic acids is 1. The molecule has 0 bridgehead atoms. The first-order valence-electron chi connectivity index (χ1n) is 8.09. The summed E-state index contributed by atoms with van der Waals surface area (Å²) in [5.74, 6) is 0.126. The lowest BCUT2D eigenvalue weighted by Gasteiger charge is -2.16. The van der Waals surface area contributed by atoms with Gasteiger partial charge in [0, 0.05) is 30.1 Å². The molecule has 0 spiro atoms. The molecule has 1 saturated heterocycles. The SMILES string of the molecule is CS(=O)(=O)c1ccccc1-c1ccc(N2CCC(NNC(=O)O)C2=O)nc1. The van der Waals surface area contributed by atoms with Gasteiger partial charge in [-0.25, -0.2) is 23.6 Å². The molecule has 2 aromatic rings. The molecule has 1 aromatic carbocycles. The van der Waals surface area contributed by atoms with Crippen molar-refractivity contribution in [2.45, 2.75) is 17.4 Å². The number of amides is 2. The predicted molar refractivity (Wildman–Crippen MR) is 97.8 cm³/mol. The molecule has 1 aliphatic heterocycles. The Hall–Kier alpha value is -2.98. The fourth-order valence-corrected chi connectivity index (χ4v) is 3.83. The number of nitrogens with zero attached hydrogens (tertiary/aromatic N) is 2. The minimum Gasteiger partial charge on any atom is -0.464 e. The Morgan fingerprint density at radius 2 is 2.00 bits per heavy atom. The molecule has 1 aromatic heterocycles. The summed E-state index contributed by atoms with van der Waals surface area (Å²) in [6.45, 7) is 0.393. The fourth-order valence-electron chi connectivity index (χ4n) is 2.92. The summed E-state index contributed by atoms with van der Waals surface area (Å²) in [7, 11) is -3.39. The van der Waals surface area contributed by atoms with E-state index < -0.39 is 22.0 Å². The summed E-state index contributed by atoms with van der Waals surface area (Å²) in [6.07, 6.45) is 1.82. The van der Waals surface area contributed by atoms with Crippen LogP contribution in [0.2, 0.25) is 0 Å². The first-order chi connectivity index (χ1) is 12.8. The number of sulfone groups is 1. The first-order valence-corrected chi connectivity index (χ1v) is 9.98. The highest BCUT2D eigenvalue weighted by Gasteiger charge is 2.33. The number of rotatable bonds is 5. The van der Waals surface area contributed by atoms with Gasteiger partial charge >= 0.3 is 6.09 Å². The highest BCUT2D eigenvalue weighted by molar-refractivity contribution is 7.90. The molecule has 9 nitrogen and oxygen atoms in total. The van der Waals surface area contributed by atoms with Crippen LogP contribution in [-0.2, 0) is 14.6 Å². The molecule has 3 rings (SSSR count). The van der Waals surface area contributed by atoms with E-state index in [1.54, 1.807) is 30.3 Å². The third-order valence-corrected chi connectivity index (χ3v) is 5.34. The molecule has 2 amide bonds. The molecule has 1 fully saturated rings. The van der Waals surface area contributed by atoms with Crippen LogP contribution in [-0.4, -0.2) is 49.4 Å². The van der Waals surface area contributed by atoms with Crippen LogP contribution in [0.25, 0.3) is 11.1 Å². The lowest BCUT2D eigenvalue weighted by molar-refractivity contribution is -0.119. The minimum absolute atomic E-state index is 0.209. The quantitative estimate of drug-likeness (QED) is 0.650. The van der Waals surface area contributed by atoms with Crippen molar-refractivity contribution < 1.29 is 23.1 Å². The van der Waals surface area contributed by atoms with Crippen molar-refractivity contribution in [3.05, 3.63) is 42.6 Å². The van der Waals surface area contributed by atoms with Gasteiger partial charge in [0.15, 0.2) is 9.84 Å². The zero-order valence-electron chi connectivity index (χ0n) is 14.4. The zero-order valence-corrected chi connectivity index (χ0v) is 15.2. The van der Waals surface area contributed by atoms with Crippen LogP contribution in [0.1, 0.15) is 6.42 Å². The van der Waals surface area contributed by atoms with E-state index in [0.29, 0.717) is 29.9 Å². The Labute approximate surface area is 155 Å². The van der Waals surface area contributed by atoms with Crippen molar-refractivity contribution >= 4 is 27.7 Å². The van der Waals surface area contributed by atoms with Crippen molar-refractivity contribution in [3.63, 3.8) is 0 Å². The Bertz CT molecular complexity index is 975. The Kier molecular flexibility index (Phi) is 5.10. The standard InChI is InChI=1S/C17H18N4O5S/c1-27(25,26)14-5-3-2-4-12(14)11-6-7-15(18-10-11)21-9-8-13(16(21)22)19-20-17(23)24/h2-7,10,13,19-20H,8-9H2,1H3,(H,23,24). The number of carbonyl (C=O) groups is 2. The first kappa shape index (κ1) is 18.8. The smallest absolute Gasteiger partial charge is 0.419 e. The summed E-state index contributed by atoms with van der Waals surface area (Å²) in [4.78, 5) is 28.8. The third-order valence-electron chi connectivity index (χ3n) is 4.18. The fraction of sp³-hybridized carbons (Fsp3) is 0.235. The second-order valence-electron chi connectivity index (χ2n) is 6.08. The summed E-state index contributed by atoms with van der Waals surface area (Å²) in [6, 6.07) is 9.32. The van der Waals surface area contributed by atoms with Crippen LogP contribution in [0.4, 0.5) is 10.6 Å². The van der Waals surface area contributed by atoms with Crippen molar-refractivity contribution in [1.82, 2.24) is 15.8 Å². The van der Waals surface area contributed by atoms with Gasteiger partial charge in [0.05, 0.1) is 4.90 Å². The number of anilines is 1. The van der Waals surface area contributed by atoms with Crippen LogP contribution in [0, 0.1) is 0 Å². The molecule has 1 aliphatic rings.